The standard InChI is InChI=1S/C18H18O2/c1-14(15-8-4-2-5-9-15)12-17(13-18(19)20)16-10-6-3-7-11-16/h2-11,17H,1,12-13H2,(H,19,20)/t17-/m1/s1. The average Bonchev–Trinajstić information content (AvgIpc) is 2.48. The molecule has 0 saturated heterocycles. The van der Waals surface area contributed by atoms with Crippen LogP contribution in [0.15, 0.2) is 67.2 Å². The minimum absolute atomic E-state index is 0.0404. The van der Waals surface area contributed by atoms with Gasteiger partial charge in [0.15, 0.2) is 0 Å². The van der Waals surface area contributed by atoms with Crippen LogP contribution in [0, 0.1) is 0 Å². The summed E-state index contributed by atoms with van der Waals surface area (Å²) in [5.74, 6) is -0.818. The van der Waals surface area contributed by atoms with Gasteiger partial charge in [-0.15, -0.1) is 0 Å². The van der Waals surface area contributed by atoms with Crippen LogP contribution in [0.4, 0.5) is 0 Å². The summed E-state index contributed by atoms with van der Waals surface area (Å²) < 4.78 is 0. The van der Waals surface area contributed by atoms with E-state index in [2.05, 4.69) is 6.58 Å². The highest BCUT2D eigenvalue weighted by atomic mass is 16.4. The molecule has 0 spiro atoms. The summed E-state index contributed by atoms with van der Waals surface area (Å²) in [6.07, 6.45) is 0.774. The van der Waals surface area contributed by atoms with Crippen LogP contribution in [0.25, 0.3) is 5.57 Å². The molecule has 1 atom stereocenters. The van der Waals surface area contributed by atoms with E-state index in [9.17, 15) is 4.79 Å². The van der Waals surface area contributed by atoms with Gasteiger partial charge in [-0.05, 0) is 29.0 Å². The lowest BCUT2D eigenvalue weighted by atomic mass is 9.87. The van der Waals surface area contributed by atoms with Crippen molar-refractivity contribution in [1.29, 1.82) is 0 Å². The number of allylic oxidation sites excluding steroid dienone is 1. The molecule has 0 fully saturated rings. The van der Waals surface area contributed by atoms with Crippen molar-refractivity contribution in [2.45, 2.75) is 18.8 Å². The van der Waals surface area contributed by atoms with Crippen molar-refractivity contribution in [2.24, 2.45) is 0 Å². The Kier molecular flexibility index (Phi) is 4.72. The van der Waals surface area contributed by atoms with E-state index in [0.29, 0.717) is 6.42 Å². The average molecular weight is 266 g/mol. The fourth-order valence-electron chi connectivity index (χ4n) is 2.33. The Morgan fingerprint density at radius 1 is 0.950 bits per heavy atom. The Bertz CT molecular complexity index is 573. The van der Waals surface area contributed by atoms with Crippen LogP contribution in [0.2, 0.25) is 0 Å². The second kappa shape index (κ2) is 6.71. The van der Waals surface area contributed by atoms with Gasteiger partial charge in [0.2, 0.25) is 0 Å². The number of carboxylic acids is 1. The molecule has 2 aromatic rings. The van der Waals surface area contributed by atoms with Gasteiger partial charge in [0.1, 0.15) is 0 Å². The molecule has 0 unspecified atom stereocenters. The molecule has 0 amide bonds. The first kappa shape index (κ1) is 14.1. The molecule has 2 rings (SSSR count). The highest BCUT2D eigenvalue weighted by Gasteiger charge is 2.17. The summed E-state index contributed by atoms with van der Waals surface area (Å²) in [5.41, 5.74) is 3.09. The van der Waals surface area contributed by atoms with Crippen LogP contribution in [0.1, 0.15) is 29.9 Å². The van der Waals surface area contributed by atoms with E-state index in [1.165, 1.54) is 0 Å². The van der Waals surface area contributed by atoms with E-state index in [-0.39, 0.29) is 12.3 Å². The molecule has 2 aromatic carbocycles. The SMILES string of the molecule is C=C(C[C@H](CC(=O)O)c1ccccc1)c1ccccc1. The van der Waals surface area contributed by atoms with Crippen LogP contribution in [-0.2, 0) is 4.79 Å². The number of hydrogen-bond acceptors (Lipinski definition) is 1. The predicted molar refractivity (Wildman–Crippen MR) is 81.5 cm³/mol. The summed E-state index contributed by atoms with van der Waals surface area (Å²) in [6, 6.07) is 19.7. The van der Waals surface area contributed by atoms with Crippen molar-refractivity contribution in [3.05, 3.63) is 78.4 Å². The maximum absolute atomic E-state index is 11.1. The lowest BCUT2D eigenvalue weighted by Crippen LogP contribution is -2.07. The molecule has 0 radical (unpaired) electrons. The summed E-state index contributed by atoms with van der Waals surface area (Å²) in [5, 5.41) is 9.10. The number of carbonyl (C=O) groups is 1. The minimum atomic E-state index is -0.778. The van der Waals surface area contributed by atoms with Gasteiger partial charge in [0, 0.05) is 0 Å². The number of aliphatic carboxylic acids is 1. The Labute approximate surface area is 119 Å². The molecule has 2 heteroatoms. The van der Waals surface area contributed by atoms with Crippen molar-refractivity contribution in [3.8, 4) is 0 Å². The van der Waals surface area contributed by atoms with Crippen molar-refractivity contribution >= 4 is 11.5 Å². The van der Waals surface area contributed by atoms with Crippen molar-refractivity contribution in [2.75, 3.05) is 0 Å². The van der Waals surface area contributed by atoms with Crippen molar-refractivity contribution in [1.82, 2.24) is 0 Å². The highest BCUT2D eigenvalue weighted by molar-refractivity contribution is 5.70. The summed E-state index contributed by atoms with van der Waals surface area (Å²) >= 11 is 0. The second-order valence-corrected chi connectivity index (χ2v) is 4.88. The molecule has 0 aliphatic heterocycles. The van der Waals surface area contributed by atoms with Gasteiger partial charge in [-0.1, -0.05) is 67.2 Å². The largest absolute Gasteiger partial charge is 0.481 e. The number of carboxylic acid groups (broad SMARTS) is 1. The number of hydrogen-bond donors (Lipinski definition) is 1. The van der Waals surface area contributed by atoms with Crippen LogP contribution in [0.5, 0.6) is 0 Å². The Hall–Kier alpha value is -2.35. The molecule has 0 aliphatic rings. The quantitative estimate of drug-likeness (QED) is 0.844. The first-order valence-electron chi connectivity index (χ1n) is 6.66. The topological polar surface area (TPSA) is 37.3 Å². The molecule has 20 heavy (non-hydrogen) atoms. The predicted octanol–water partition coefficient (Wildman–Crippen LogP) is 4.35. The van der Waals surface area contributed by atoms with Gasteiger partial charge in [-0.3, -0.25) is 4.79 Å². The van der Waals surface area contributed by atoms with Gasteiger partial charge in [-0.25, -0.2) is 0 Å². The van der Waals surface area contributed by atoms with Gasteiger partial charge in [0.05, 0.1) is 6.42 Å². The lowest BCUT2D eigenvalue weighted by Gasteiger charge is -2.17. The van der Waals surface area contributed by atoms with E-state index >= 15 is 0 Å². The fraction of sp³-hybridized carbons (Fsp3) is 0.167. The maximum atomic E-state index is 11.1. The van der Waals surface area contributed by atoms with E-state index in [1.54, 1.807) is 0 Å². The molecular formula is C18H18O2. The zero-order chi connectivity index (χ0) is 14.4. The lowest BCUT2D eigenvalue weighted by molar-refractivity contribution is -0.137. The van der Waals surface area contributed by atoms with Crippen molar-refractivity contribution < 1.29 is 9.90 Å². The van der Waals surface area contributed by atoms with Crippen LogP contribution in [-0.4, -0.2) is 11.1 Å². The van der Waals surface area contributed by atoms with E-state index in [4.69, 9.17) is 5.11 Å². The van der Waals surface area contributed by atoms with Gasteiger partial charge in [0.25, 0.3) is 0 Å². The Morgan fingerprint density at radius 2 is 1.50 bits per heavy atom. The van der Waals surface area contributed by atoms with Gasteiger partial charge in [-0.2, -0.15) is 0 Å². The molecule has 0 bridgehead atoms. The number of rotatable bonds is 6. The second-order valence-electron chi connectivity index (χ2n) is 4.88. The molecule has 102 valence electrons. The molecule has 0 aromatic heterocycles. The third-order valence-electron chi connectivity index (χ3n) is 3.37. The maximum Gasteiger partial charge on any atom is 0.303 e. The Balaban J connectivity index is 2.16. The Morgan fingerprint density at radius 3 is 2.05 bits per heavy atom. The normalized spacial score (nSPS) is 11.8. The monoisotopic (exact) mass is 266 g/mol. The number of benzene rings is 2. The third kappa shape index (κ3) is 3.82. The zero-order valence-corrected chi connectivity index (χ0v) is 11.3. The molecule has 1 N–H and O–H groups in total. The molecule has 0 saturated carbocycles. The summed E-state index contributed by atoms with van der Waals surface area (Å²) in [4.78, 5) is 11.1. The van der Waals surface area contributed by atoms with E-state index in [1.807, 2.05) is 60.7 Å². The van der Waals surface area contributed by atoms with Crippen molar-refractivity contribution in [3.63, 3.8) is 0 Å². The van der Waals surface area contributed by atoms with Gasteiger partial charge < -0.3 is 5.11 Å². The van der Waals surface area contributed by atoms with E-state index < -0.39 is 5.97 Å². The molecule has 0 heterocycles. The molecule has 2 nitrogen and oxygen atoms in total. The smallest absolute Gasteiger partial charge is 0.303 e. The van der Waals surface area contributed by atoms with E-state index in [0.717, 1.165) is 16.7 Å². The van der Waals surface area contributed by atoms with Crippen LogP contribution < -0.4 is 0 Å². The summed E-state index contributed by atoms with van der Waals surface area (Å²) in [7, 11) is 0. The zero-order valence-electron chi connectivity index (χ0n) is 11.3. The first-order chi connectivity index (χ1) is 9.66. The minimum Gasteiger partial charge on any atom is -0.481 e. The summed E-state index contributed by atoms with van der Waals surface area (Å²) in [6.45, 7) is 4.10. The van der Waals surface area contributed by atoms with Gasteiger partial charge >= 0.3 is 5.97 Å². The van der Waals surface area contributed by atoms with Crippen LogP contribution >= 0.6 is 0 Å². The molecular weight excluding hydrogens is 248 g/mol. The molecule has 0 aliphatic carbocycles. The highest BCUT2D eigenvalue weighted by Crippen LogP contribution is 2.30. The van der Waals surface area contributed by atoms with Crippen LogP contribution in [0.3, 0.4) is 0 Å². The fourth-order valence-corrected chi connectivity index (χ4v) is 2.33. The first-order valence-corrected chi connectivity index (χ1v) is 6.66. The third-order valence-corrected chi connectivity index (χ3v) is 3.37.